The fraction of sp³-hybridized carbons (Fsp3) is 0.625. The minimum absolute atomic E-state index is 0.506. The fourth-order valence-corrected chi connectivity index (χ4v) is 2.53. The van der Waals surface area contributed by atoms with Gasteiger partial charge in [0.25, 0.3) is 0 Å². The predicted molar refractivity (Wildman–Crippen MR) is 79.0 cm³/mol. The zero-order valence-electron chi connectivity index (χ0n) is 11.6. The van der Waals surface area contributed by atoms with E-state index in [0.29, 0.717) is 12.1 Å². The standard InChI is InChI=1S/C16H24ClN/c1-4-11(2)12(3)18-16(13-5-6-13)14-7-9-15(17)10-8-14/h7-13,16,18H,4-6H2,1-3H3. The first-order valence-electron chi connectivity index (χ1n) is 7.13. The largest absolute Gasteiger partial charge is 0.307 e. The molecule has 0 saturated heterocycles. The quantitative estimate of drug-likeness (QED) is 0.778. The van der Waals surface area contributed by atoms with Gasteiger partial charge in [-0.15, -0.1) is 0 Å². The van der Waals surface area contributed by atoms with Crippen LogP contribution >= 0.6 is 11.6 Å². The lowest BCUT2D eigenvalue weighted by molar-refractivity contribution is 0.333. The van der Waals surface area contributed by atoms with Gasteiger partial charge in [0.05, 0.1) is 0 Å². The summed E-state index contributed by atoms with van der Waals surface area (Å²) in [5, 5.41) is 4.64. The van der Waals surface area contributed by atoms with Crippen molar-refractivity contribution in [1.82, 2.24) is 5.32 Å². The fourth-order valence-electron chi connectivity index (χ4n) is 2.41. The van der Waals surface area contributed by atoms with Crippen LogP contribution in [0.3, 0.4) is 0 Å². The first-order chi connectivity index (χ1) is 8.61. The summed E-state index contributed by atoms with van der Waals surface area (Å²) in [5.41, 5.74) is 1.39. The van der Waals surface area contributed by atoms with Crippen molar-refractivity contribution in [2.24, 2.45) is 11.8 Å². The molecule has 1 aromatic carbocycles. The number of hydrogen-bond acceptors (Lipinski definition) is 1. The van der Waals surface area contributed by atoms with Crippen molar-refractivity contribution in [3.63, 3.8) is 0 Å². The third kappa shape index (κ3) is 3.49. The van der Waals surface area contributed by atoms with Gasteiger partial charge in [-0.1, -0.05) is 44.0 Å². The molecule has 2 rings (SSSR count). The maximum Gasteiger partial charge on any atom is 0.0406 e. The number of halogens is 1. The van der Waals surface area contributed by atoms with Crippen molar-refractivity contribution in [2.75, 3.05) is 0 Å². The number of nitrogens with one attached hydrogen (secondary N) is 1. The van der Waals surface area contributed by atoms with Crippen molar-refractivity contribution in [1.29, 1.82) is 0 Å². The van der Waals surface area contributed by atoms with Crippen molar-refractivity contribution in [3.05, 3.63) is 34.9 Å². The Morgan fingerprint density at radius 1 is 1.22 bits per heavy atom. The topological polar surface area (TPSA) is 12.0 Å². The van der Waals surface area contributed by atoms with Crippen LogP contribution in [0.5, 0.6) is 0 Å². The van der Waals surface area contributed by atoms with E-state index >= 15 is 0 Å². The van der Waals surface area contributed by atoms with Crippen molar-refractivity contribution < 1.29 is 0 Å². The monoisotopic (exact) mass is 265 g/mol. The first-order valence-corrected chi connectivity index (χ1v) is 7.51. The Morgan fingerprint density at radius 3 is 2.33 bits per heavy atom. The van der Waals surface area contributed by atoms with Crippen LogP contribution in [0.15, 0.2) is 24.3 Å². The van der Waals surface area contributed by atoms with Crippen LogP contribution in [-0.2, 0) is 0 Å². The van der Waals surface area contributed by atoms with Crippen LogP contribution in [-0.4, -0.2) is 6.04 Å². The summed E-state index contributed by atoms with van der Waals surface area (Å²) in [6.45, 7) is 6.89. The van der Waals surface area contributed by atoms with Crippen LogP contribution in [0.2, 0.25) is 5.02 Å². The molecule has 1 N–H and O–H groups in total. The highest BCUT2D eigenvalue weighted by Crippen LogP contribution is 2.41. The Hall–Kier alpha value is -0.530. The highest BCUT2D eigenvalue weighted by Gasteiger charge is 2.33. The Labute approximate surface area is 116 Å². The van der Waals surface area contributed by atoms with E-state index in [0.717, 1.165) is 16.9 Å². The van der Waals surface area contributed by atoms with Gasteiger partial charge in [-0.2, -0.15) is 0 Å². The van der Waals surface area contributed by atoms with Crippen molar-refractivity contribution in [2.45, 2.75) is 52.1 Å². The summed E-state index contributed by atoms with van der Waals surface area (Å²) in [5.74, 6) is 1.54. The molecule has 3 atom stereocenters. The summed E-state index contributed by atoms with van der Waals surface area (Å²) in [4.78, 5) is 0. The third-order valence-corrected chi connectivity index (χ3v) is 4.51. The number of rotatable bonds is 6. The molecular weight excluding hydrogens is 242 g/mol. The molecule has 1 nitrogen and oxygen atoms in total. The second-order valence-electron chi connectivity index (χ2n) is 5.71. The molecule has 0 spiro atoms. The van der Waals surface area contributed by atoms with Gasteiger partial charge in [-0.3, -0.25) is 0 Å². The molecule has 0 aromatic heterocycles. The van der Waals surface area contributed by atoms with E-state index in [1.807, 2.05) is 12.1 Å². The second kappa shape index (κ2) is 6.08. The minimum Gasteiger partial charge on any atom is -0.307 e. The molecule has 1 aliphatic rings. The SMILES string of the molecule is CCC(C)C(C)NC(c1ccc(Cl)cc1)C1CC1. The summed E-state index contributed by atoms with van der Waals surface area (Å²) in [6, 6.07) is 9.41. The minimum atomic E-state index is 0.506. The third-order valence-electron chi connectivity index (χ3n) is 4.26. The Morgan fingerprint density at radius 2 is 1.83 bits per heavy atom. The van der Waals surface area contributed by atoms with E-state index in [-0.39, 0.29) is 0 Å². The average molecular weight is 266 g/mol. The van der Waals surface area contributed by atoms with Crippen LogP contribution in [0, 0.1) is 11.8 Å². The van der Waals surface area contributed by atoms with Crippen LogP contribution in [0.1, 0.15) is 51.6 Å². The van der Waals surface area contributed by atoms with E-state index in [1.165, 1.54) is 24.8 Å². The maximum atomic E-state index is 5.97. The van der Waals surface area contributed by atoms with Gasteiger partial charge in [0, 0.05) is 17.1 Å². The molecule has 0 amide bonds. The summed E-state index contributed by atoms with van der Waals surface area (Å²) < 4.78 is 0. The molecule has 1 fully saturated rings. The lowest BCUT2D eigenvalue weighted by Crippen LogP contribution is -2.36. The van der Waals surface area contributed by atoms with Gasteiger partial charge in [0.1, 0.15) is 0 Å². The van der Waals surface area contributed by atoms with Gasteiger partial charge >= 0.3 is 0 Å². The van der Waals surface area contributed by atoms with E-state index < -0.39 is 0 Å². The van der Waals surface area contributed by atoms with Crippen molar-refractivity contribution in [3.8, 4) is 0 Å². The first kappa shape index (κ1) is 13.9. The molecule has 0 aliphatic heterocycles. The zero-order chi connectivity index (χ0) is 13.1. The van der Waals surface area contributed by atoms with Gasteiger partial charge in [-0.25, -0.2) is 0 Å². The van der Waals surface area contributed by atoms with E-state index in [1.54, 1.807) is 0 Å². The Balaban J connectivity index is 2.06. The van der Waals surface area contributed by atoms with E-state index in [4.69, 9.17) is 11.6 Å². The molecule has 3 unspecified atom stereocenters. The van der Waals surface area contributed by atoms with Gasteiger partial charge < -0.3 is 5.32 Å². The van der Waals surface area contributed by atoms with Crippen LogP contribution in [0.4, 0.5) is 0 Å². The Bertz CT molecular complexity index is 369. The van der Waals surface area contributed by atoms with Crippen LogP contribution in [0.25, 0.3) is 0 Å². The highest BCUT2D eigenvalue weighted by atomic mass is 35.5. The molecule has 0 heterocycles. The highest BCUT2D eigenvalue weighted by molar-refractivity contribution is 6.30. The van der Waals surface area contributed by atoms with Crippen molar-refractivity contribution >= 4 is 11.6 Å². The van der Waals surface area contributed by atoms with E-state index in [2.05, 4.69) is 38.2 Å². The Kier molecular flexibility index (Phi) is 4.69. The molecule has 0 bridgehead atoms. The molecule has 1 aromatic rings. The summed E-state index contributed by atoms with van der Waals surface area (Å²) >= 11 is 5.97. The van der Waals surface area contributed by atoms with E-state index in [9.17, 15) is 0 Å². The number of benzene rings is 1. The number of hydrogen-bond donors (Lipinski definition) is 1. The molecular formula is C16H24ClN. The van der Waals surface area contributed by atoms with Crippen LogP contribution < -0.4 is 5.32 Å². The predicted octanol–water partition coefficient (Wildman–Crippen LogP) is 4.82. The normalized spacial score (nSPS) is 20.4. The average Bonchev–Trinajstić information content (AvgIpc) is 3.20. The van der Waals surface area contributed by atoms with Gasteiger partial charge in [-0.05, 0) is 49.3 Å². The summed E-state index contributed by atoms with van der Waals surface area (Å²) in [6.07, 6.45) is 3.94. The molecule has 18 heavy (non-hydrogen) atoms. The van der Waals surface area contributed by atoms with Gasteiger partial charge in [0.15, 0.2) is 0 Å². The lowest BCUT2D eigenvalue weighted by Gasteiger charge is -2.27. The molecule has 1 saturated carbocycles. The smallest absolute Gasteiger partial charge is 0.0406 e. The zero-order valence-corrected chi connectivity index (χ0v) is 12.4. The molecule has 2 heteroatoms. The second-order valence-corrected chi connectivity index (χ2v) is 6.14. The summed E-state index contributed by atoms with van der Waals surface area (Å²) in [7, 11) is 0. The molecule has 0 radical (unpaired) electrons. The molecule has 1 aliphatic carbocycles. The maximum absolute atomic E-state index is 5.97. The molecule has 100 valence electrons. The van der Waals surface area contributed by atoms with Gasteiger partial charge in [0.2, 0.25) is 0 Å². The lowest BCUT2D eigenvalue weighted by atomic mass is 9.96.